The molecule has 0 amide bonds. The molecule has 0 aromatic heterocycles. The average molecular weight is 519 g/mol. The van der Waals surface area contributed by atoms with E-state index in [4.69, 9.17) is 18.9 Å². The van der Waals surface area contributed by atoms with Crippen molar-refractivity contribution in [2.45, 2.75) is 111 Å². The van der Waals surface area contributed by atoms with Crippen LogP contribution in [0.1, 0.15) is 86.5 Å². The van der Waals surface area contributed by atoms with E-state index in [1.807, 2.05) is 0 Å². The molecule has 7 heteroatoms. The van der Waals surface area contributed by atoms with Crippen molar-refractivity contribution < 1.29 is 33.3 Å². The maximum absolute atomic E-state index is 12.5. The van der Waals surface area contributed by atoms with Crippen molar-refractivity contribution >= 4 is 17.9 Å². The van der Waals surface area contributed by atoms with Crippen molar-refractivity contribution in [1.29, 1.82) is 0 Å². The molecule has 4 aliphatic carbocycles. The summed E-state index contributed by atoms with van der Waals surface area (Å²) in [7, 11) is 1.46. The molecule has 0 aromatic rings. The average Bonchev–Trinajstić information content (AvgIpc) is 3.55. The van der Waals surface area contributed by atoms with Gasteiger partial charge in [0.15, 0.2) is 0 Å². The first-order chi connectivity index (χ1) is 17.5. The van der Waals surface area contributed by atoms with Crippen molar-refractivity contribution in [3.05, 3.63) is 0 Å². The molecule has 1 saturated heterocycles. The number of ether oxygens (including phenoxy) is 4. The van der Waals surface area contributed by atoms with E-state index in [0.29, 0.717) is 30.1 Å². The minimum Gasteiger partial charge on any atom is -0.469 e. The van der Waals surface area contributed by atoms with Gasteiger partial charge in [-0.1, -0.05) is 27.7 Å². The molecule has 37 heavy (non-hydrogen) atoms. The number of hydrogen-bond donors (Lipinski definition) is 0. The highest BCUT2D eigenvalue weighted by Gasteiger charge is 2.76. The van der Waals surface area contributed by atoms with Crippen LogP contribution in [0, 0.1) is 52.3 Å². The number of fused-ring (bicyclic) bond motifs is 8. The molecule has 0 N–H and O–H groups in total. The molecule has 0 spiro atoms. The van der Waals surface area contributed by atoms with E-state index in [1.54, 1.807) is 0 Å². The van der Waals surface area contributed by atoms with Crippen molar-refractivity contribution in [2.75, 3.05) is 7.11 Å². The van der Waals surface area contributed by atoms with Gasteiger partial charge >= 0.3 is 17.9 Å². The van der Waals surface area contributed by atoms with Crippen LogP contribution in [0.5, 0.6) is 0 Å². The predicted molar refractivity (Wildman–Crippen MR) is 136 cm³/mol. The van der Waals surface area contributed by atoms with Gasteiger partial charge in [0.05, 0.1) is 19.3 Å². The van der Waals surface area contributed by atoms with Crippen LogP contribution in [0.4, 0.5) is 0 Å². The Hall–Kier alpha value is -1.63. The Morgan fingerprint density at radius 1 is 1.03 bits per heavy atom. The smallest absolute Gasteiger partial charge is 0.305 e. The highest BCUT2D eigenvalue weighted by atomic mass is 16.6. The second-order valence-electron chi connectivity index (χ2n) is 13.3. The summed E-state index contributed by atoms with van der Waals surface area (Å²) >= 11 is 0. The highest BCUT2D eigenvalue weighted by molar-refractivity contribution is 5.69. The summed E-state index contributed by atoms with van der Waals surface area (Å²) in [5.74, 6) is 1.48. The van der Waals surface area contributed by atoms with E-state index in [-0.39, 0.29) is 70.9 Å². The third-order valence-corrected chi connectivity index (χ3v) is 11.7. The highest BCUT2D eigenvalue weighted by Crippen LogP contribution is 2.74. The summed E-state index contributed by atoms with van der Waals surface area (Å²) in [4.78, 5) is 36.5. The number of esters is 3. The zero-order chi connectivity index (χ0) is 26.9. The quantitative estimate of drug-likeness (QED) is 0.279. The SMILES string of the molecule is CC[C@H]1[C@@H](OC(C)=O)[C@@H]2[C@H]([C@H]3O[C@H]3[C@]3(C)[C@@H]([C@H](C)CC(=O)OC)CC[C@@H]23)[C@@]2(C)CC[C@@H](OC(C)=O)C[C@@H]12. The van der Waals surface area contributed by atoms with Gasteiger partial charge in [-0.05, 0) is 79.4 Å². The van der Waals surface area contributed by atoms with Crippen molar-refractivity contribution in [3.8, 4) is 0 Å². The van der Waals surface area contributed by atoms with Crippen LogP contribution in [0.2, 0.25) is 0 Å². The van der Waals surface area contributed by atoms with Gasteiger partial charge < -0.3 is 18.9 Å². The van der Waals surface area contributed by atoms with Crippen molar-refractivity contribution in [2.24, 2.45) is 52.3 Å². The van der Waals surface area contributed by atoms with Crippen LogP contribution in [-0.4, -0.2) is 49.4 Å². The molecule has 7 nitrogen and oxygen atoms in total. The second kappa shape index (κ2) is 9.53. The molecular weight excluding hydrogens is 472 g/mol. The minimum absolute atomic E-state index is 0.0475. The van der Waals surface area contributed by atoms with E-state index in [0.717, 1.165) is 38.5 Å². The summed E-state index contributed by atoms with van der Waals surface area (Å²) in [6, 6.07) is 0. The van der Waals surface area contributed by atoms with Crippen LogP contribution >= 0.6 is 0 Å². The molecule has 1 heterocycles. The number of methoxy groups -OCH3 is 1. The van der Waals surface area contributed by atoms with Crippen LogP contribution in [0.15, 0.2) is 0 Å². The van der Waals surface area contributed by atoms with Crippen LogP contribution < -0.4 is 0 Å². The molecule has 13 atom stereocenters. The standard InChI is InChI=1S/C30H46O7/c1-8-19-22-14-18(35-16(3)31)11-12-29(22,5)25-24(26(19)36-17(4)32)21-10-9-20(15(2)13-23(33)34-7)30(21,6)28-27(25)37-28/h15,18-22,24-28H,8-14H2,1-7H3/t15-,18-,19-,20-,21+,22+,24+,25-,26-,27-,28-,29+,30-/m1/s1. The third-order valence-electron chi connectivity index (χ3n) is 11.7. The summed E-state index contributed by atoms with van der Waals surface area (Å²) in [6.07, 6.45) is 6.31. The first kappa shape index (κ1) is 27.0. The number of rotatable bonds is 6. The van der Waals surface area contributed by atoms with Gasteiger partial charge in [0.25, 0.3) is 0 Å². The fourth-order valence-electron chi connectivity index (χ4n) is 10.4. The molecule has 5 fully saturated rings. The Morgan fingerprint density at radius 3 is 2.35 bits per heavy atom. The predicted octanol–water partition coefficient (Wildman–Crippen LogP) is 4.94. The van der Waals surface area contributed by atoms with Gasteiger partial charge in [-0.15, -0.1) is 0 Å². The maximum Gasteiger partial charge on any atom is 0.305 e. The van der Waals surface area contributed by atoms with E-state index in [2.05, 4.69) is 27.7 Å². The molecule has 4 saturated carbocycles. The Morgan fingerprint density at radius 2 is 1.73 bits per heavy atom. The maximum atomic E-state index is 12.5. The van der Waals surface area contributed by atoms with Crippen LogP contribution in [-0.2, 0) is 33.3 Å². The fourth-order valence-corrected chi connectivity index (χ4v) is 10.4. The van der Waals surface area contributed by atoms with Gasteiger partial charge in [-0.25, -0.2) is 0 Å². The summed E-state index contributed by atoms with van der Waals surface area (Å²) in [5, 5.41) is 0. The fraction of sp³-hybridized carbons (Fsp3) is 0.900. The first-order valence-electron chi connectivity index (χ1n) is 14.5. The first-order valence-corrected chi connectivity index (χ1v) is 14.5. The Kier molecular flexibility index (Phi) is 6.94. The number of carbonyl (C=O) groups is 3. The zero-order valence-electron chi connectivity index (χ0n) is 23.7. The lowest BCUT2D eigenvalue weighted by Crippen LogP contribution is -2.65. The number of hydrogen-bond acceptors (Lipinski definition) is 7. The third kappa shape index (κ3) is 4.13. The summed E-state index contributed by atoms with van der Waals surface area (Å²) in [6.45, 7) is 12.3. The Balaban J connectivity index is 1.52. The minimum atomic E-state index is -0.219. The molecule has 1 aliphatic heterocycles. The van der Waals surface area contributed by atoms with Gasteiger partial charge in [-0.2, -0.15) is 0 Å². The zero-order valence-corrected chi connectivity index (χ0v) is 23.7. The van der Waals surface area contributed by atoms with Gasteiger partial charge in [0, 0.05) is 31.6 Å². The van der Waals surface area contributed by atoms with Crippen molar-refractivity contribution in [1.82, 2.24) is 0 Å². The van der Waals surface area contributed by atoms with Gasteiger partial charge in [0.1, 0.15) is 12.2 Å². The molecule has 208 valence electrons. The number of epoxide rings is 1. The van der Waals surface area contributed by atoms with E-state index >= 15 is 0 Å². The molecule has 0 bridgehead atoms. The molecule has 0 radical (unpaired) electrons. The van der Waals surface area contributed by atoms with Crippen molar-refractivity contribution in [3.63, 3.8) is 0 Å². The van der Waals surface area contributed by atoms with Crippen LogP contribution in [0.3, 0.4) is 0 Å². The van der Waals surface area contributed by atoms with Gasteiger partial charge in [0.2, 0.25) is 0 Å². The molecule has 5 rings (SSSR count). The van der Waals surface area contributed by atoms with E-state index in [9.17, 15) is 14.4 Å². The summed E-state index contributed by atoms with van der Waals surface area (Å²) < 4.78 is 23.7. The lowest BCUT2D eigenvalue weighted by atomic mass is 9.41. The largest absolute Gasteiger partial charge is 0.469 e. The van der Waals surface area contributed by atoms with Crippen LogP contribution in [0.25, 0.3) is 0 Å². The lowest BCUT2D eigenvalue weighted by Gasteiger charge is -2.63. The van der Waals surface area contributed by atoms with E-state index in [1.165, 1.54) is 21.0 Å². The lowest BCUT2D eigenvalue weighted by molar-refractivity contribution is -0.213. The Bertz CT molecular complexity index is 933. The van der Waals surface area contributed by atoms with Gasteiger partial charge in [-0.3, -0.25) is 14.4 Å². The second-order valence-corrected chi connectivity index (χ2v) is 13.3. The molecule has 0 aromatic carbocycles. The Labute approximate surface area is 221 Å². The normalized spacial score (nSPS) is 48.4. The topological polar surface area (TPSA) is 91.4 Å². The molecule has 5 aliphatic rings. The molecular formula is C30H46O7. The molecule has 0 unspecified atom stereocenters. The number of carbonyl (C=O) groups excluding carboxylic acids is 3. The van der Waals surface area contributed by atoms with E-state index < -0.39 is 0 Å². The monoisotopic (exact) mass is 518 g/mol. The summed E-state index contributed by atoms with van der Waals surface area (Å²) in [5.41, 5.74) is 0.00318.